The first-order valence-electron chi connectivity index (χ1n) is 11.4. The van der Waals surface area contributed by atoms with Gasteiger partial charge in [-0.25, -0.2) is 9.97 Å². The van der Waals surface area contributed by atoms with Crippen LogP contribution in [0.3, 0.4) is 0 Å². The number of alkyl halides is 2. The molecular formula is C23H26F2N6O3. The first-order valence-corrected chi connectivity index (χ1v) is 11.4. The lowest BCUT2D eigenvalue weighted by Gasteiger charge is -2.31. The quantitative estimate of drug-likeness (QED) is 0.553. The highest BCUT2D eigenvalue weighted by Crippen LogP contribution is 2.31. The summed E-state index contributed by atoms with van der Waals surface area (Å²) in [6.45, 7) is 0.0500. The van der Waals surface area contributed by atoms with Crippen LogP contribution in [0.25, 0.3) is 10.9 Å². The maximum Gasteiger partial charge on any atom is 0.387 e. The lowest BCUT2D eigenvalue weighted by atomic mass is 9.93. The van der Waals surface area contributed by atoms with E-state index in [-0.39, 0.29) is 17.9 Å². The van der Waals surface area contributed by atoms with Crippen molar-refractivity contribution in [2.75, 3.05) is 36.5 Å². The zero-order valence-corrected chi connectivity index (χ0v) is 18.6. The van der Waals surface area contributed by atoms with Gasteiger partial charge < -0.3 is 24.4 Å². The number of ether oxygens (including phenoxy) is 3. The number of pyridine rings is 2. The van der Waals surface area contributed by atoms with E-state index in [2.05, 4.69) is 29.9 Å². The predicted molar refractivity (Wildman–Crippen MR) is 122 cm³/mol. The molecular weight excluding hydrogens is 446 g/mol. The van der Waals surface area contributed by atoms with E-state index in [1.54, 1.807) is 6.20 Å². The molecule has 0 spiro atoms. The number of nitrogens with one attached hydrogen (secondary N) is 1. The van der Waals surface area contributed by atoms with E-state index >= 15 is 0 Å². The normalized spacial score (nSPS) is 21.0. The van der Waals surface area contributed by atoms with Crippen LogP contribution in [-0.2, 0) is 4.74 Å². The van der Waals surface area contributed by atoms with E-state index < -0.39 is 6.61 Å². The summed E-state index contributed by atoms with van der Waals surface area (Å²) in [6, 6.07) is 6.06. The Morgan fingerprint density at radius 1 is 1.06 bits per heavy atom. The number of hydrogen-bond donors (Lipinski definition) is 1. The summed E-state index contributed by atoms with van der Waals surface area (Å²) in [6.07, 6.45) is 7.71. The maximum absolute atomic E-state index is 12.3. The van der Waals surface area contributed by atoms with E-state index in [0.29, 0.717) is 25.0 Å². The fourth-order valence-corrected chi connectivity index (χ4v) is 4.30. The summed E-state index contributed by atoms with van der Waals surface area (Å²) in [5, 5.41) is 4.16. The van der Waals surface area contributed by atoms with Crippen molar-refractivity contribution < 1.29 is 23.0 Å². The molecule has 0 atom stereocenters. The first-order chi connectivity index (χ1) is 16.6. The molecule has 180 valence electrons. The molecule has 0 aromatic carbocycles. The zero-order chi connectivity index (χ0) is 23.3. The molecule has 11 heteroatoms. The van der Waals surface area contributed by atoms with Crippen molar-refractivity contribution >= 4 is 22.7 Å². The van der Waals surface area contributed by atoms with Crippen LogP contribution in [0.4, 0.5) is 20.5 Å². The van der Waals surface area contributed by atoms with Gasteiger partial charge in [0.25, 0.3) is 0 Å². The largest absolute Gasteiger partial charge is 0.474 e. The Hall–Kier alpha value is -3.34. The van der Waals surface area contributed by atoms with Crippen molar-refractivity contribution in [3.63, 3.8) is 0 Å². The topological polar surface area (TPSA) is 94.5 Å². The standard InChI is InChI=1S/C23H26F2N6O3/c24-22(25)34-17-13-27-23(28-14-17)29-15-3-5-16(6-4-15)33-21-18-2-1-7-26-19(18)12-20(30-21)31-8-10-32-11-9-31/h1-2,7,12-16,22H,3-6,8-11H2,(H,27,28,29). The van der Waals surface area contributed by atoms with Gasteiger partial charge in [0.05, 0.1) is 36.5 Å². The van der Waals surface area contributed by atoms with Crippen LogP contribution in [0.2, 0.25) is 0 Å². The highest BCUT2D eigenvalue weighted by Gasteiger charge is 2.25. The summed E-state index contributed by atoms with van der Waals surface area (Å²) in [5.41, 5.74) is 0.862. The van der Waals surface area contributed by atoms with Gasteiger partial charge in [0.15, 0.2) is 5.75 Å². The van der Waals surface area contributed by atoms with E-state index in [0.717, 1.165) is 55.5 Å². The van der Waals surface area contributed by atoms with Crippen molar-refractivity contribution in [1.82, 2.24) is 19.9 Å². The number of halogens is 2. The first kappa shape index (κ1) is 22.5. The Balaban J connectivity index is 1.21. The average molecular weight is 472 g/mol. The van der Waals surface area contributed by atoms with E-state index in [9.17, 15) is 8.78 Å². The number of morpholine rings is 1. The molecule has 1 N–H and O–H groups in total. The molecule has 3 aromatic heterocycles. The Labute approximate surface area is 195 Å². The Morgan fingerprint density at radius 2 is 1.82 bits per heavy atom. The fourth-order valence-electron chi connectivity index (χ4n) is 4.30. The molecule has 5 rings (SSSR count). The summed E-state index contributed by atoms with van der Waals surface area (Å²) in [5.74, 6) is 1.80. The van der Waals surface area contributed by atoms with Crippen LogP contribution in [0.1, 0.15) is 25.7 Å². The number of aromatic nitrogens is 4. The summed E-state index contributed by atoms with van der Waals surface area (Å²) in [7, 11) is 0. The van der Waals surface area contributed by atoms with Gasteiger partial charge in [-0.2, -0.15) is 13.8 Å². The van der Waals surface area contributed by atoms with E-state index in [1.165, 1.54) is 12.4 Å². The van der Waals surface area contributed by atoms with Crippen LogP contribution >= 0.6 is 0 Å². The number of anilines is 2. The SMILES string of the molecule is FC(F)Oc1cnc(NC2CCC(Oc3nc(N4CCOCC4)cc4ncccc34)CC2)nc1. The van der Waals surface area contributed by atoms with Gasteiger partial charge in [-0.05, 0) is 37.8 Å². The Kier molecular flexibility index (Phi) is 6.79. The second-order valence-corrected chi connectivity index (χ2v) is 8.31. The van der Waals surface area contributed by atoms with Gasteiger partial charge in [0.1, 0.15) is 11.9 Å². The summed E-state index contributed by atoms with van der Waals surface area (Å²) < 4.78 is 40.7. The van der Waals surface area contributed by atoms with Crippen molar-refractivity contribution in [1.29, 1.82) is 0 Å². The van der Waals surface area contributed by atoms with Gasteiger partial charge >= 0.3 is 6.61 Å². The summed E-state index contributed by atoms with van der Waals surface area (Å²) >= 11 is 0. The molecule has 1 saturated heterocycles. The van der Waals surface area contributed by atoms with Crippen LogP contribution in [0, 0.1) is 0 Å². The van der Waals surface area contributed by atoms with Crippen molar-refractivity contribution in [2.24, 2.45) is 0 Å². The third kappa shape index (κ3) is 5.41. The lowest BCUT2D eigenvalue weighted by molar-refractivity contribution is -0.0503. The molecule has 34 heavy (non-hydrogen) atoms. The summed E-state index contributed by atoms with van der Waals surface area (Å²) in [4.78, 5) is 19.7. The lowest BCUT2D eigenvalue weighted by Crippen LogP contribution is -2.37. The van der Waals surface area contributed by atoms with Crippen molar-refractivity contribution in [3.8, 4) is 11.6 Å². The molecule has 3 aromatic rings. The van der Waals surface area contributed by atoms with E-state index in [4.69, 9.17) is 14.5 Å². The van der Waals surface area contributed by atoms with Crippen molar-refractivity contribution in [3.05, 3.63) is 36.8 Å². The van der Waals surface area contributed by atoms with Gasteiger partial charge in [0.2, 0.25) is 11.8 Å². The molecule has 1 saturated carbocycles. The predicted octanol–water partition coefficient (Wildman–Crippen LogP) is 3.66. The molecule has 0 radical (unpaired) electrons. The molecule has 0 bridgehead atoms. The highest BCUT2D eigenvalue weighted by molar-refractivity contribution is 5.85. The van der Waals surface area contributed by atoms with Crippen molar-refractivity contribution in [2.45, 2.75) is 44.4 Å². The monoisotopic (exact) mass is 472 g/mol. The minimum atomic E-state index is -2.89. The third-order valence-corrected chi connectivity index (χ3v) is 6.02. The van der Waals surface area contributed by atoms with E-state index in [1.807, 2.05) is 18.2 Å². The minimum Gasteiger partial charge on any atom is -0.474 e. The second-order valence-electron chi connectivity index (χ2n) is 8.31. The van der Waals surface area contributed by atoms with Gasteiger partial charge in [-0.15, -0.1) is 0 Å². The van der Waals surface area contributed by atoms with Crippen LogP contribution < -0.4 is 19.7 Å². The molecule has 0 amide bonds. The fraction of sp³-hybridized carbons (Fsp3) is 0.478. The molecule has 1 aliphatic heterocycles. The average Bonchev–Trinajstić information content (AvgIpc) is 2.86. The van der Waals surface area contributed by atoms with Crippen LogP contribution in [0.15, 0.2) is 36.8 Å². The van der Waals surface area contributed by atoms with Gasteiger partial charge in [-0.3, -0.25) is 4.98 Å². The molecule has 2 fully saturated rings. The second kappa shape index (κ2) is 10.3. The zero-order valence-electron chi connectivity index (χ0n) is 18.6. The number of fused-ring (bicyclic) bond motifs is 1. The minimum absolute atomic E-state index is 0.0385. The van der Waals surface area contributed by atoms with Gasteiger partial charge in [-0.1, -0.05) is 0 Å². The smallest absolute Gasteiger partial charge is 0.387 e. The number of rotatable bonds is 7. The highest BCUT2D eigenvalue weighted by atomic mass is 19.3. The molecule has 0 unspecified atom stereocenters. The van der Waals surface area contributed by atoms with Crippen LogP contribution in [0.5, 0.6) is 11.6 Å². The molecule has 9 nitrogen and oxygen atoms in total. The van der Waals surface area contributed by atoms with Gasteiger partial charge in [0, 0.05) is 31.4 Å². The molecule has 1 aliphatic carbocycles. The molecule has 2 aliphatic rings. The molecule has 4 heterocycles. The number of hydrogen-bond acceptors (Lipinski definition) is 9. The maximum atomic E-state index is 12.3. The number of nitrogens with zero attached hydrogens (tertiary/aromatic N) is 5. The third-order valence-electron chi connectivity index (χ3n) is 6.02. The Bertz CT molecular complexity index is 1090. The van der Waals surface area contributed by atoms with Crippen LogP contribution in [-0.4, -0.2) is 65.0 Å². The Morgan fingerprint density at radius 3 is 2.56 bits per heavy atom.